The van der Waals surface area contributed by atoms with Gasteiger partial charge in [0.1, 0.15) is 18.0 Å². The maximum absolute atomic E-state index is 13.1. The summed E-state index contributed by atoms with van der Waals surface area (Å²) in [6, 6.07) is 7.02. The molecule has 0 saturated carbocycles. The first-order chi connectivity index (χ1) is 16.4. The predicted molar refractivity (Wildman–Crippen MR) is 122 cm³/mol. The Kier molecular flexibility index (Phi) is 7.16. The molecule has 0 bridgehead atoms. The normalized spacial score (nSPS) is 14.8. The maximum Gasteiger partial charge on any atom is 0.416 e. The topological polar surface area (TPSA) is 63.6 Å². The zero-order valence-electron chi connectivity index (χ0n) is 19.0. The molecule has 2 aromatic heterocycles. The van der Waals surface area contributed by atoms with Crippen LogP contribution in [0.15, 0.2) is 55.1 Å². The van der Waals surface area contributed by atoms with Crippen LogP contribution in [0.4, 0.5) is 30.2 Å². The summed E-state index contributed by atoms with van der Waals surface area (Å²) in [4.78, 5) is 17.2. The second kappa shape index (κ2) is 10.3. The van der Waals surface area contributed by atoms with E-state index >= 15 is 0 Å². The third-order valence-electron chi connectivity index (χ3n) is 5.87. The Balaban J connectivity index is 1.58. The molecule has 34 heavy (non-hydrogen) atoms. The summed E-state index contributed by atoms with van der Waals surface area (Å²) in [7, 11) is 3.17. The zero-order chi connectivity index (χ0) is 24.1. The monoisotopic (exact) mass is 473 g/mol. The smallest absolute Gasteiger partial charge is 0.416 e. The highest BCUT2D eigenvalue weighted by Crippen LogP contribution is 2.39. The molecule has 0 unspecified atom stereocenters. The SMILES string of the molecule is COCc1ncc(N2CCC(N(c3ccc(C(F)(F)F)cc3)c3cnccc3OC)CC2)cn1. The fourth-order valence-electron chi connectivity index (χ4n) is 4.18. The molecule has 1 saturated heterocycles. The van der Waals surface area contributed by atoms with Crippen molar-refractivity contribution in [3.63, 3.8) is 0 Å². The highest BCUT2D eigenvalue weighted by Gasteiger charge is 2.32. The minimum Gasteiger partial charge on any atom is -0.494 e. The van der Waals surface area contributed by atoms with Crippen LogP contribution in [0.1, 0.15) is 24.2 Å². The fraction of sp³-hybridized carbons (Fsp3) is 0.375. The number of ether oxygens (including phenoxy) is 2. The minimum atomic E-state index is -4.39. The molecule has 1 aromatic carbocycles. The molecule has 0 N–H and O–H groups in total. The Hall–Kier alpha value is -3.40. The average Bonchev–Trinajstić information content (AvgIpc) is 2.85. The van der Waals surface area contributed by atoms with Gasteiger partial charge in [0.15, 0.2) is 5.82 Å². The van der Waals surface area contributed by atoms with Gasteiger partial charge in [0.05, 0.1) is 37.0 Å². The van der Waals surface area contributed by atoms with E-state index in [9.17, 15) is 13.2 Å². The number of piperidine rings is 1. The van der Waals surface area contributed by atoms with Crippen molar-refractivity contribution in [3.8, 4) is 5.75 Å². The van der Waals surface area contributed by atoms with Gasteiger partial charge in [-0.05, 0) is 37.1 Å². The Morgan fingerprint density at radius 1 is 1.00 bits per heavy atom. The van der Waals surface area contributed by atoms with E-state index in [1.807, 2.05) is 4.90 Å². The van der Waals surface area contributed by atoms with Gasteiger partial charge in [-0.25, -0.2) is 9.97 Å². The maximum atomic E-state index is 13.1. The predicted octanol–water partition coefficient (Wildman–Crippen LogP) is 4.85. The van der Waals surface area contributed by atoms with Crippen molar-refractivity contribution >= 4 is 17.1 Å². The zero-order valence-corrected chi connectivity index (χ0v) is 19.0. The van der Waals surface area contributed by atoms with E-state index in [0.717, 1.165) is 49.4 Å². The van der Waals surface area contributed by atoms with Crippen molar-refractivity contribution in [2.45, 2.75) is 31.7 Å². The lowest BCUT2D eigenvalue weighted by Gasteiger charge is -2.40. The van der Waals surface area contributed by atoms with Crippen LogP contribution in [0, 0.1) is 0 Å². The van der Waals surface area contributed by atoms with E-state index < -0.39 is 11.7 Å². The van der Waals surface area contributed by atoms with Gasteiger partial charge < -0.3 is 19.3 Å². The van der Waals surface area contributed by atoms with Crippen LogP contribution < -0.4 is 14.5 Å². The molecular formula is C24H26F3N5O2. The number of aromatic nitrogens is 3. The van der Waals surface area contributed by atoms with Gasteiger partial charge in [-0.1, -0.05) is 0 Å². The number of alkyl halides is 3. The van der Waals surface area contributed by atoms with Gasteiger partial charge >= 0.3 is 6.18 Å². The number of hydrogen-bond donors (Lipinski definition) is 0. The molecule has 1 aliphatic heterocycles. The average molecular weight is 473 g/mol. The fourth-order valence-corrected chi connectivity index (χ4v) is 4.18. The summed E-state index contributed by atoms with van der Waals surface area (Å²) >= 11 is 0. The molecule has 180 valence electrons. The van der Waals surface area contributed by atoms with E-state index in [2.05, 4.69) is 19.9 Å². The van der Waals surface area contributed by atoms with E-state index in [0.29, 0.717) is 23.9 Å². The Labute approximate surface area is 196 Å². The third kappa shape index (κ3) is 5.22. The van der Waals surface area contributed by atoms with Gasteiger partial charge in [0, 0.05) is 44.2 Å². The Morgan fingerprint density at radius 3 is 2.26 bits per heavy atom. The van der Waals surface area contributed by atoms with Crippen molar-refractivity contribution in [1.82, 2.24) is 15.0 Å². The molecule has 1 aliphatic rings. The van der Waals surface area contributed by atoms with Crippen molar-refractivity contribution in [2.75, 3.05) is 37.1 Å². The number of methoxy groups -OCH3 is 2. The summed E-state index contributed by atoms with van der Waals surface area (Å²) in [6.45, 7) is 1.85. The first kappa shape index (κ1) is 23.7. The van der Waals surface area contributed by atoms with Crippen LogP contribution in [-0.2, 0) is 17.5 Å². The highest BCUT2D eigenvalue weighted by atomic mass is 19.4. The second-order valence-corrected chi connectivity index (χ2v) is 7.97. The van der Waals surface area contributed by atoms with Gasteiger partial charge in [0.25, 0.3) is 0 Å². The molecule has 7 nitrogen and oxygen atoms in total. The summed E-state index contributed by atoms with van der Waals surface area (Å²) in [5.41, 5.74) is 1.62. The molecule has 4 rings (SSSR count). The number of benzene rings is 1. The summed E-state index contributed by atoms with van der Waals surface area (Å²) in [5.74, 6) is 1.23. The number of hydrogen-bond acceptors (Lipinski definition) is 7. The quantitative estimate of drug-likeness (QED) is 0.486. The van der Waals surface area contributed by atoms with Crippen LogP contribution in [0.5, 0.6) is 5.75 Å². The lowest BCUT2D eigenvalue weighted by molar-refractivity contribution is -0.137. The van der Waals surface area contributed by atoms with Crippen molar-refractivity contribution < 1.29 is 22.6 Å². The molecular weight excluding hydrogens is 447 g/mol. The number of rotatable bonds is 7. The van der Waals surface area contributed by atoms with E-state index in [-0.39, 0.29) is 6.04 Å². The number of anilines is 3. The molecule has 0 spiro atoms. The molecule has 1 fully saturated rings. The van der Waals surface area contributed by atoms with E-state index in [1.54, 1.807) is 45.1 Å². The van der Waals surface area contributed by atoms with Crippen LogP contribution >= 0.6 is 0 Å². The van der Waals surface area contributed by atoms with Crippen LogP contribution in [0.3, 0.4) is 0 Å². The number of halogens is 3. The molecule has 3 aromatic rings. The number of pyridine rings is 1. The standard InChI is InChI=1S/C24H26F3N5O2/c1-33-16-23-29-13-20(14-30-23)31-11-8-19(9-12-31)32(21-15-28-10-7-22(21)34-2)18-5-3-17(4-6-18)24(25,26)27/h3-7,10,13-15,19H,8-9,11-12,16H2,1-2H3. The van der Waals surface area contributed by atoms with Crippen molar-refractivity contribution in [2.24, 2.45) is 0 Å². The van der Waals surface area contributed by atoms with Crippen LogP contribution in [-0.4, -0.2) is 48.3 Å². The Morgan fingerprint density at radius 2 is 1.68 bits per heavy atom. The molecule has 3 heterocycles. The van der Waals surface area contributed by atoms with Gasteiger partial charge in [-0.3, -0.25) is 4.98 Å². The largest absolute Gasteiger partial charge is 0.494 e. The van der Waals surface area contributed by atoms with Gasteiger partial charge in [-0.2, -0.15) is 13.2 Å². The van der Waals surface area contributed by atoms with Crippen molar-refractivity contribution in [3.05, 3.63) is 66.5 Å². The summed E-state index contributed by atoms with van der Waals surface area (Å²) in [6.07, 6.45) is 4.06. The molecule has 0 aliphatic carbocycles. The Bertz CT molecular complexity index is 1070. The molecule has 0 amide bonds. The van der Waals surface area contributed by atoms with Crippen LogP contribution in [0.25, 0.3) is 0 Å². The lowest BCUT2D eigenvalue weighted by Crippen LogP contribution is -2.43. The van der Waals surface area contributed by atoms with Crippen LogP contribution in [0.2, 0.25) is 0 Å². The van der Waals surface area contributed by atoms with Crippen molar-refractivity contribution in [1.29, 1.82) is 0 Å². The highest BCUT2D eigenvalue weighted by molar-refractivity contribution is 5.69. The number of nitrogens with zero attached hydrogens (tertiary/aromatic N) is 5. The summed E-state index contributed by atoms with van der Waals surface area (Å²) in [5, 5.41) is 0. The van der Waals surface area contributed by atoms with E-state index in [4.69, 9.17) is 9.47 Å². The summed E-state index contributed by atoms with van der Waals surface area (Å²) < 4.78 is 50.0. The first-order valence-corrected chi connectivity index (χ1v) is 10.9. The minimum absolute atomic E-state index is 0.0415. The first-order valence-electron chi connectivity index (χ1n) is 10.9. The molecule has 0 radical (unpaired) electrons. The lowest BCUT2D eigenvalue weighted by atomic mass is 10.0. The molecule has 0 atom stereocenters. The van der Waals surface area contributed by atoms with Gasteiger partial charge in [0.2, 0.25) is 0 Å². The second-order valence-electron chi connectivity index (χ2n) is 7.97. The van der Waals surface area contributed by atoms with E-state index in [1.165, 1.54) is 12.1 Å². The molecule has 10 heteroatoms. The third-order valence-corrected chi connectivity index (χ3v) is 5.87. The van der Waals surface area contributed by atoms with Gasteiger partial charge in [-0.15, -0.1) is 0 Å².